The Morgan fingerprint density at radius 1 is 1.14 bits per heavy atom. The van der Waals surface area contributed by atoms with Gasteiger partial charge in [-0.1, -0.05) is 26.0 Å². The third-order valence-corrected chi connectivity index (χ3v) is 4.70. The van der Waals surface area contributed by atoms with Gasteiger partial charge in [0.25, 0.3) is 0 Å². The van der Waals surface area contributed by atoms with Crippen LogP contribution in [0, 0.1) is 13.8 Å². The summed E-state index contributed by atoms with van der Waals surface area (Å²) < 4.78 is 2.33. The van der Waals surface area contributed by atoms with Crippen molar-refractivity contribution in [3.8, 4) is 0 Å². The van der Waals surface area contributed by atoms with Crippen molar-refractivity contribution in [3.05, 3.63) is 46.4 Å². The van der Waals surface area contributed by atoms with Gasteiger partial charge in [-0.3, -0.25) is 4.40 Å². The molecule has 0 radical (unpaired) electrons. The Balaban J connectivity index is 2.59. The van der Waals surface area contributed by atoms with Crippen molar-refractivity contribution in [1.29, 1.82) is 0 Å². The summed E-state index contributed by atoms with van der Waals surface area (Å²) in [6.07, 6.45) is 2.92. The molecule has 2 aromatic heterocycles. The van der Waals surface area contributed by atoms with E-state index in [0.29, 0.717) is 6.54 Å². The first kappa shape index (κ1) is 15.0. The van der Waals surface area contributed by atoms with Crippen LogP contribution in [0.2, 0.25) is 0 Å². The summed E-state index contributed by atoms with van der Waals surface area (Å²) in [5, 5.41) is 1.39. The van der Waals surface area contributed by atoms with Gasteiger partial charge in [-0.25, -0.2) is 4.98 Å². The molecule has 2 heterocycles. The van der Waals surface area contributed by atoms with E-state index < -0.39 is 0 Å². The van der Waals surface area contributed by atoms with Gasteiger partial charge in [-0.05, 0) is 62.4 Å². The van der Waals surface area contributed by atoms with Crippen molar-refractivity contribution in [3.63, 3.8) is 0 Å². The normalized spacial score (nSPS) is 11.7. The van der Waals surface area contributed by atoms with Crippen LogP contribution in [0.4, 0.5) is 0 Å². The molecule has 0 aliphatic carbocycles. The molecule has 0 atom stereocenters. The summed E-state index contributed by atoms with van der Waals surface area (Å²) in [6, 6.07) is 6.60. The van der Waals surface area contributed by atoms with Gasteiger partial charge in [-0.2, -0.15) is 0 Å². The second kappa shape index (κ2) is 5.73. The molecule has 0 amide bonds. The van der Waals surface area contributed by atoms with Crippen LogP contribution in [-0.4, -0.2) is 15.9 Å². The Hall–Kier alpha value is -1.87. The van der Waals surface area contributed by atoms with Crippen LogP contribution in [-0.2, 0) is 19.3 Å². The molecule has 0 spiro atoms. The first-order chi connectivity index (χ1) is 10.6. The molecule has 22 heavy (non-hydrogen) atoms. The standard InChI is InChI=1S/C19H25N3/c1-5-14-8-7-9-17-18(14)15(10-11-20)19-12(3)16(6-2)21-13(4)22(17)19/h7-9H,5-6,10-11,20H2,1-4H3. The van der Waals surface area contributed by atoms with E-state index in [1.54, 1.807) is 0 Å². The Kier molecular flexibility index (Phi) is 3.92. The molecule has 0 saturated carbocycles. The average Bonchev–Trinajstić information content (AvgIpc) is 2.86. The predicted octanol–water partition coefficient (Wildman–Crippen LogP) is 3.73. The van der Waals surface area contributed by atoms with Gasteiger partial charge in [0.15, 0.2) is 0 Å². The summed E-state index contributed by atoms with van der Waals surface area (Å²) in [5.41, 5.74) is 13.8. The van der Waals surface area contributed by atoms with Gasteiger partial charge in [0.1, 0.15) is 5.82 Å². The number of nitrogens with zero attached hydrogens (tertiary/aromatic N) is 2. The van der Waals surface area contributed by atoms with E-state index in [0.717, 1.165) is 25.1 Å². The lowest BCUT2D eigenvalue weighted by atomic mass is 10.00. The SMILES string of the molecule is CCc1nc(C)n2c(c1C)c(CCN)c1c(CC)cccc12. The zero-order valence-corrected chi connectivity index (χ0v) is 14.0. The van der Waals surface area contributed by atoms with E-state index in [2.05, 4.69) is 50.3 Å². The van der Waals surface area contributed by atoms with Crippen LogP contribution >= 0.6 is 0 Å². The second-order valence-electron chi connectivity index (χ2n) is 5.95. The molecule has 3 heteroatoms. The number of rotatable bonds is 4. The maximum Gasteiger partial charge on any atom is 0.110 e. The van der Waals surface area contributed by atoms with Crippen LogP contribution in [0.25, 0.3) is 16.4 Å². The molecule has 3 rings (SSSR count). The average molecular weight is 295 g/mol. The van der Waals surface area contributed by atoms with Crippen molar-refractivity contribution >= 4 is 16.4 Å². The fraction of sp³-hybridized carbons (Fsp3) is 0.421. The van der Waals surface area contributed by atoms with Crippen molar-refractivity contribution in [2.75, 3.05) is 6.54 Å². The first-order valence-corrected chi connectivity index (χ1v) is 8.25. The fourth-order valence-corrected chi connectivity index (χ4v) is 3.72. The number of benzene rings is 1. The van der Waals surface area contributed by atoms with Gasteiger partial charge in [0.2, 0.25) is 0 Å². The van der Waals surface area contributed by atoms with Crippen molar-refractivity contribution < 1.29 is 0 Å². The molecule has 2 N–H and O–H groups in total. The highest BCUT2D eigenvalue weighted by atomic mass is 15.0. The summed E-state index contributed by atoms with van der Waals surface area (Å²) in [6.45, 7) is 9.38. The van der Waals surface area contributed by atoms with E-state index in [9.17, 15) is 0 Å². The largest absolute Gasteiger partial charge is 0.330 e. The smallest absolute Gasteiger partial charge is 0.110 e. The summed E-state index contributed by atoms with van der Waals surface area (Å²) in [7, 11) is 0. The van der Waals surface area contributed by atoms with Gasteiger partial charge >= 0.3 is 0 Å². The molecule has 0 fully saturated rings. The molecule has 3 aromatic rings. The lowest BCUT2D eigenvalue weighted by Gasteiger charge is -2.10. The summed E-state index contributed by atoms with van der Waals surface area (Å²) in [4.78, 5) is 4.83. The highest BCUT2D eigenvalue weighted by molar-refractivity contribution is 5.96. The number of fused-ring (bicyclic) bond motifs is 3. The van der Waals surface area contributed by atoms with E-state index in [1.165, 1.54) is 38.8 Å². The van der Waals surface area contributed by atoms with Crippen LogP contribution < -0.4 is 5.73 Å². The third-order valence-electron chi connectivity index (χ3n) is 4.70. The van der Waals surface area contributed by atoms with Crippen LogP contribution in [0.3, 0.4) is 0 Å². The molecule has 0 unspecified atom stereocenters. The molecule has 1 aromatic carbocycles. The monoisotopic (exact) mass is 295 g/mol. The molecule has 3 nitrogen and oxygen atoms in total. The van der Waals surface area contributed by atoms with E-state index in [1.807, 2.05) is 0 Å². The topological polar surface area (TPSA) is 43.3 Å². The maximum atomic E-state index is 5.93. The minimum absolute atomic E-state index is 0.676. The minimum atomic E-state index is 0.676. The third kappa shape index (κ3) is 2.03. The van der Waals surface area contributed by atoms with Gasteiger partial charge < -0.3 is 5.73 Å². The summed E-state index contributed by atoms with van der Waals surface area (Å²) >= 11 is 0. The van der Waals surface area contributed by atoms with E-state index in [4.69, 9.17) is 10.7 Å². The fourth-order valence-electron chi connectivity index (χ4n) is 3.72. The Morgan fingerprint density at radius 3 is 2.55 bits per heavy atom. The number of hydrogen-bond acceptors (Lipinski definition) is 2. The zero-order valence-electron chi connectivity index (χ0n) is 14.0. The number of aromatic nitrogens is 2. The van der Waals surface area contributed by atoms with Crippen LogP contribution in [0.15, 0.2) is 18.2 Å². The second-order valence-corrected chi connectivity index (χ2v) is 5.95. The predicted molar refractivity (Wildman–Crippen MR) is 93.7 cm³/mol. The number of aryl methyl sites for hydroxylation is 4. The number of hydrogen-bond donors (Lipinski definition) is 1. The van der Waals surface area contributed by atoms with Gasteiger partial charge in [-0.15, -0.1) is 0 Å². The Morgan fingerprint density at radius 2 is 1.91 bits per heavy atom. The maximum absolute atomic E-state index is 5.93. The lowest BCUT2D eigenvalue weighted by molar-refractivity contribution is 0.910. The van der Waals surface area contributed by atoms with Crippen molar-refractivity contribution in [2.45, 2.75) is 47.0 Å². The zero-order chi connectivity index (χ0) is 15.9. The van der Waals surface area contributed by atoms with E-state index in [-0.39, 0.29) is 0 Å². The molecule has 116 valence electrons. The van der Waals surface area contributed by atoms with Gasteiger partial charge in [0, 0.05) is 11.1 Å². The van der Waals surface area contributed by atoms with E-state index >= 15 is 0 Å². The minimum Gasteiger partial charge on any atom is -0.330 e. The molecular formula is C19H25N3. The Bertz CT molecular complexity index is 843. The van der Waals surface area contributed by atoms with Crippen LogP contribution in [0.5, 0.6) is 0 Å². The molecule has 0 bridgehead atoms. The Labute approximate surface area is 132 Å². The van der Waals surface area contributed by atoms with Gasteiger partial charge in [0.05, 0.1) is 11.0 Å². The number of nitrogens with two attached hydrogens (primary N) is 1. The lowest BCUT2D eigenvalue weighted by Crippen LogP contribution is -2.06. The van der Waals surface area contributed by atoms with Crippen molar-refractivity contribution in [2.24, 2.45) is 5.73 Å². The van der Waals surface area contributed by atoms with Crippen LogP contribution in [0.1, 0.15) is 42.1 Å². The molecular weight excluding hydrogens is 270 g/mol. The molecule has 0 saturated heterocycles. The molecule has 0 aliphatic heterocycles. The summed E-state index contributed by atoms with van der Waals surface area (Å²) in [5.74, 6) is 1.07. The highest BCUT2D eigenvalue weighted by Gasteiger charge is 2.19. The quantitative estimate of drug-likeness (QED) is 0.797. The highest BCUT2D eigenvalue weighted by Crippen LogP contribution is 2.33. The first-order valence-electron chi connectivity index (χ1n) is 8.25. The molecule has 0 aliphatic rings. The van der Waals surface area contributed by atoms with Crippen molar-refractivity contribution in [1.82, 2.24) is 9.38 Å².